The molecule has 1 heterocycles. The molecule has 1 aliphatic heterocycles. The highest BCUT2D eigenvalue weighted by atomic mass is 19.1. The molecule has 2 nitrogen and oxygen atoms in total. The Morgan fingerprint density at radius 2 is 2.28 bits per heavy atom. The van der Waals surface area contributed by atoms with Crippen molar-refractivity contribution < 1.29 is 9.13 Å². The number of rotatable bonds is 3. The lowest BCUT2D eigenvalue weighted by atomic mass is 10.1. The molecule has 0 saturated heterocycles. The first kappa shape index (κ1) is 12.0. The van der Waals surface area contributed by atoms with E-state index in [0.29, 0.717) is 6.04 Å². The van der Waals surface area contributed by atoms with Crippen LogP contribution in [-0.4, -0.2) is 18.7 Å². The van der Waals surface area contributed by atoms with E-state index in [9.17, 15) is 4.39 Å². The van der Waals surface area contributed by atoms with Gasteiger partial charge in [-0.25, -0.2) is 4.39 Å². The molecule has 0 aromatic heterocycles. The molecule has 3 heteroatoms. The van der Waals surface area contributed by atoms with Gasteiger partial charge in [-0.15, -0.1) is 0 Å². The Morgan fingerprint density at radius 3 is 3.06 bits per heavy atom. The van der Waals surface area contributed by atoms with Crippen LogP contribution in [0.3, 0.4) is 0 Å². The van der Waals surface area contributed by atoms with Crippen LogP contribution in [0.2, 0.25) is 0 Å². The van der Waals surface area contributed by atoms with Crippen molar-refractivity contribution in [1.82, 2.24) is 5.32 Å². The summed E-state index contributed by atoms with van der Waals surface area (Å²) in [6, 6.07) is 5.44. The zero-order valence-electron chi connectivity index (χ0n) is 10.8. The third-order valence-corrected chi connectivity index (χ3v) is 4.09. The Hall–Kier alpha value is -1.09. The number of nitrogens with one attached hydrogen (secondary N) is 1. The normalized spacial score (nSPS) is 30.2. The van der Waals surface area contributed by atoms with Gasteiger partial charge in [-0.1, -0.05) is 6.92 Å². The maximum absolute atomic E-state index is 13.1. The minimum atomic E-state index is -0.171. The van der Waals surface area contributed by atoms with Crippen LogP contribution in [-0.2, 0) is 6.42 Å². The summed E-state index contributed by atoms with van der Waals surface area (Å²) < 4.78 is 18.9. The molecule has 0 spiro atoms. The molecule has 0 radical (unpaired) electrons. The van der Waals surface area contributed by atoms with Crippen LogP contribution in [0, 0.1) is 11.7 Å². The van der Waals surface area contributed by atoms with E-state index in [1.54, 1.807) is 12.1 Å². The summed E-state index contributed by atoms with van der Waals surface area (Å²) >= 11 is 0. The Morgan fingerprint density at radius 1 is 1.39 bits per heavy atom. The highest BCUT2D eigenvalue weighted by molar-refractivity contribution is 5.37. The van der Waals surface area contributed by atoms with Gasteiger partial charge < -0.3 is 10.1 Å². The lowest BCUT2D eigenvalue weighted by molar-refractivity contribution is 0.221. The van der Waals surface area contributed by atoms with E-state index in [4.69, 9.17) is 4.74 Å². The summed E-state index contributed by atoms with van der Waals surface area (Å²) in [5, 5.41) is 3.58. The lowest BCUT2D eigenvalue weighted by Gasteiger charge is -2.16. The maximum Gasteiger partial charge on any atom is 0.123 e. The third-order valence-electron chi connectivity index (χ3n) is 4.09. The van der Waals surface area contributed by atoms with Crippen molar-refractivity contribution in [2.75, 3.05) is 6.54 Å². The predicted octanol–water partition coefficient (Wildman–Crippen LogP) is 2.91. The number of ether oxygens (including phenoxy) is 1. The largest absolute Gasteiger partial charge is 0.488 e. The summed E-state index contributed by atoms with van der Waals surface area (Å²) in [5.41, 5.74) is 1.00. The summed E-state index contributed by atoms with van der Waals surface area (Å²) in [4.78, 5) is 0. The van der Waals surface area contributed by atoms with E-state index in [1.165, 1.54) is 25.3 Å². The standard InChI is InChI=1S/C15H20FNO/c1-10-2-4-13(6-10)17-9-14-8-11-7-12(16)3-5-15(11)18-14/h3,5,7,10,13-14,17H,2,4,6,8-9H2,1H3. The fraction of sp³-hybridized carbons (Fsp3) is 0.600. The first-order valence-electron chi connectivity index (χ1n) is 6.89. The molecule has 18 heavy (non-hydrogen) atoms. The fourth-order valence-electron chi connectivity index (χ4n) is 3.09. The van der Waals surface area contributed by atoms with Crippen molar-refractivity contribution >= 4 is 0 Å². The third kappa shape index (κ3) is 2.51. The second-order valence-electron chi connectivity index (χ2n) is 5.72. The van der Waals surface area contributed by atoms with Crippen LogP contribution in [0.1, 0.15) is 31.7 Å². The molecule has 3 unspecified atom stereocenters. The Labute approximate surface area is 108 Å². The van der Waals surface area contributed by atoms with Gasteiger partial charge in [-0.2, -0.15) is 0 Å². The molecule has 1 aromatic rings. The lowest BCUT2D eigenvalue weighted by Crippen LogP contribution is -2.36. The monoisotopic (exact) mass is 249 g/mol. The van der Waals surface area contributed by atoms with Gasteiger partial charge in [0, 0.05) is 24.6 Å². The first-order chi connectivity index (χ1) is 8.70. The van der Waals surface area contributed by atoms with Crippen molar-refractivity contribution in [2.45, 2.75) is 44.8 Å². The van der Waals surface area contributed by atoms with Gasteiger partial charge in [0.15, 0.2) is 0 Å². The second kappa shape index (κ2) is 4.88. The molecule has 2 aliphatic rings. The second-order valence-corrected chi connectivity index (χ2v) is 5.72. The number of hydrogen-bond acceptors (Lipinski definition) is 2. The van der Waals surface area contributed by atoms with Crippen molar-refractivity contribution in [3.8, 4) is 5.75 Å². The zero-order chi connectivity index (χ0) is 12.5. The fourth-order valence-corrected chi connectivity index (χ4v) is 3.09. The highest BCUT2D eigenvalue weighted by Crippen LogP contribution is 2.29. The Balaban J connectivity index is 1.52. The average molecular weight is 249 g/mol. The number of hydrogen-bond donors (Lipinski definition) is 1. The smallest absolute Gasteiger partial charge is 0.123 e. The molecular formula is C15H20FNO. The van der Waals surface area contributed by atoms with Crippen molar-refractivity contribution in [3.05, 3.63) is 29.6 Å². The molecule has 1 fully saturated rings. The molecule has 0 bridgehead atoms. The maximum atomic E-state index is 13.1. The van der Waals surface area contributed by atoms with Crippen LogP contribution in [0.4, 0.5) is 4.39 Å². The molecule has 3 atom stereocenters. The molecular weight excluding hydrogens is 229 g/mol. The van der Waals surface area contributed by atoms with Crippen molar-refractivity contribution in [3.63, 3.8) is 0 Å². The van der Waals surface area contributed by atoms with E-state index in [0.717, 1.165) is 30.2 Å². The quantitative estimate of drug-likeness (QED) is 0.889. The van der Waals surface area contributed by atoms with E-state index in [1.807, 2.05) is 0 Å². The van der Waals surface area contributed by atoms with E-state index < -0.39 is 0 Å². The van der Waals surface area contributed by atoms with E-state index in [-0.39, 0.29) is 11.9 Å². The molecule has 98 valence electrons. The molecule has 1 aliphatic carbocycles. The van der Waals surface area contributed by atoms with Crippen LogP contribution in [0.15, 0.2) is 18.2 Å². The summed E-state index contributed by atoms with van der Waals surface area (Å²) in [7, 11) is 0. The van der Waals surface area contributed by atoms with E-state index in [2.05, 4.69) is 12.2 Å². The topological polar surface area (TPSA) is 21.3 Å². The summed E-state index contributed by atoms with van der Waals surface area (Å²) in [5.74, 6) is 1.52. The van der Waals surface area contributed by atoms with Gasteiger partial charge in [-0.05, 0) is 43.4 Å². The zero-order valence-corrected chi connectivity index (χ0v) is 10.8. The van der Waals surface area contributed by atoms with Crippen molar-refractivity contribution in [2.24, 2.45) is 5.92 Å². The SMILES string of the molecule is CC1CCC(NCC2Cc3cc(F)ccc3O2)C1. The minimum Gasteiger partial charge on any atom is -0.488 e. The molecule has 1 aromatic carbocycles. The van der Waals surface area contributed by atoms with E-state index >= 15 is 0 Å². The van der Waals surface area contributed by atoms with Crippen LogP contribution in [0.25, 0.3) is 0 Å². The van der Waals surface area contributed by atoms with Gasteiger partial charge in [0.05, 0.1) is 0 Å². The van der Waals surface area contributed by atoms with Gasteiger partial charge >= 0.3 is 0 Å². The number of fused-ring (bicyclic) bond motifs is 1. The predicted molar refractivity (Wildman–Crippen MR) is 69.3 cm³/mol. The highest BCUT2D eigenvalue weighted by Gasteiger charge is 2.26. The van der Waals surface area contributed by atoms with Gasteiger partial charge in [0.2, 0.25) is 0 Å². The Kier molecular flexibility index (Phi) is 3.25. The summed E-state index contributed by atoms with van der Waals surface area (Å²) in [6.07, 6.45) is 4.86. The molecule has 1 saturated carbocycles. The molecule has 1 N–H and O–H groups in total. The van der Waals surface area contributed by atoms with Gasteiger partial charge in [0.25, 0.3) is 0 Å². The van der Waals surface area contributed by atoms with Crippen molar-refractivity contribution in [1.29, 1.82) is 0 Å². The number of halogens is 1. The average Bonchev–Trinajstić information content (AvgIpc) is 2.92. The summed E-state index contributed by atoms with van der Waals surface area (Å²) in [6.45, 7) is 3.18. The first-order valence-corrected chi connectivity index (χ1v) is 6.89. The minimum absolute atomic E-state index is 0.165. The van der Waals surface area contributed by atoms with Gasteiger partial charge in [0.1, 0.15) is 17.7 Å². The van der Waals surface area contributed by atoms with Crippen LogP contribution in [0.5, 0.6) is 5.75 Å². The number of benzene rings is 1. The van der Waals surface area contributed by atoms with Crippen LogP contribution >= 0.6 is 0 Å². The Bertz CT molecular complexity index is 435. The van der Waals surface area contributed by atoms with Gasteiger partial charge in [-0.3, -0.25) is 0 Å². The molecule has 3 rings (SSSR count). The molecule has 0 amide bonds. The van der Waals surface area contributed by atoms with Crippen LogP contribution < -0.4 is 10.1 Å².